The molecule has 23 heavy (non-hydrogen) atoms. The van der Waals surface area contributed by atoms with Crippen LogP contribution in [-0.4, -0.2) is 28.8 Å². The van der Waals surface area contributed by atoms with Gasteiger partial charge in [0.1, 0.15) is 11.3 Å². The fourth-order valence-corrected chi connectivity index (χ4v) is 4.54. The Hall–Kier alpha value is -1.97. The van der Waals surface area contributed by atoms with E-state index in [1.165, 1.54) is 5.56 Å². The molecule has 0 aromatic heterocycles. The summed E-state index contributed by atoms with van der Waals surface area (Å²) in [6, 6.07) is 8.44. The number of carbonyl (C=O) groups is 1. The lowest BCUT2D eigenvalue weighted by Crippen LogP contribution is -2.60. The lowest BCUT2D eigenvalue weighted by molar-refractivity contribution is 0.00629. The fourth-order valence-electron chi connectivity index (χ4n) is 4.54. The van der Waals surface area contributed by atoms with Gasteiger partial charge < -0.3 is 10.1 Å². The van der Waals surface area contributed by atoms with Gasteiger partial charge in [0.15, 0.2) is 0 Å². The minimum absolute atomic E-state index is 0.126. The zero-order valence-corrected chi connectivity index (χ0v) is 14.1. The number of fused-ring (bicyclic) bond motifs is 1. The maximum atomic E-state index is 12.8. The number of anilines is 1. The van der Waals surface area contributed by atoms with Crippen LogP contribution < -0.4 is 5.32 Å². The Morgan fingerprint density at radius 3 is 2.83 bits per heavy atom. The topological polar surface area (TPSA) is 41.6 Å². The third-order valence-corrected chi connectivity index (χ3v) is 5.37. The van der Waals surface area contributed by atoms with Crippen LogP contribution in [0.2, 0.25) is 0 Å². The lowest BCUT2D eigenvalue weighted by atomic mass is 9.68. The summed E-state index contributed by atoms with van der Waals surface area (Å²) in [5.41, 5.74) is 1.47. The van der Waals surface area contributed by atoms with Crippen LogP contribution in [0.5, 0.6) is 0 Å². The number of rotatable bonds is 0. The van der Waals surface area contributed by atoms with Crippen molar-refractivity contribution < 1.29 is 9.53 Å². The van der Waals surface area contributed by atoms with Crippen molar-refractivity contribution in [1.29, 1.82) is 0 Å². The number of allylic oxidation sites excluding steroid dienone is 1. The van der Waals surface area contributed by atoms with Crippen LogP contribution >= 0.6 is 0 Å². The zero-order chi connectivity index (χ0) is 16.3. The Morgan fingerprint density at radius 2 is 2.04 bits per heavy atom. The van der Waals surface area contributed by atoms with E-state index in [2.05, 4.69) is 35.7 Å². The number of likely N-dealkylation sites (tertiary alicyclic amines) is 1. The Kier molecular flexibility index (Phi) is 2.88. The monoisotopic (exact) mass is 312 g/mol. The number of amides is 1. The van der Waals surface area contributed by atoms with Crippen LogP contribution in [0.25, 0.3) is 0 Å². The van der Waals surface area contributed by atoms with Gasteiger partial charge in [0.05, 0.1) is 5.41 Å². The summed E-state index contributed by atoms with van der Waals surface area (Å²) in [4.78, 5) is 14.8. The first-order chi connectivity index (χ1) is 10.9. The van der Waals surface area contributed by atoms with Crippen molar-refractivity contribution in [2.24, 2.45) is 0 Å². The predicted molar refractivity (Wildman–Crippen MR) is 90.4 cm³/mol. The standard InChI is InChI=1S/C19H24N2O2/c1-17(2,3)23-16(22)21-13-12-18-10-6-7-11-19(18,21)20-15-9-5-4-8-14(15)18/h4-6,8-10,20H,7,11-13H2,1-3H3/t18-,19-/m0/s1. The Bertz CT molecular complexity index is 691. The highest BCUT2D eigenvalue weighted by Gasteiger charge is 2.65. The van der Waals surface area contributed by atoms with E-state index in [9.17, 15) is 4.79 Å². The third-order valence-electron chi connectivity index (χ3n) is 5.37. The number of nitrogens with zero attached hydrogens (tertiary/aromatic N) is 1. The molecule has 122 valence electrons. The highest BCUT2D eigenvalue weighted by molar-refractivity contribution is 5.76. The molecule has 4 rings (SSSR count). The third kappa shape index (κ3) is 1.87. The van der Waals surface area contributed by atoms with E-state index in [4.69, 9.17) is 4.74 Å². The Morgan fingerprint density at radius 1 is 1.26 bits per heavy atom. The van der Waals surface area contributed by atoms with Gasteiger partial charge >= 0.3 is 6.09 Å². The zero-order valence-electron chi connectivity index (χ0n) is 14.1. The molecule has 0 spiro atoms. The maximum Gasteiger partial charge on any atom is 0.412 e. The molecule has 1 fully saturated rings. The highest BCUT2D eigenvalue weighted by atomic mass is 16.6. The van der Waals surface area contributed by atoms with Gasteiger partial charge in [-0.25, -0.2) is 4.79 Å². The predicted octanol–water partition coefficient (Wildman–Crippen LogP) is 4.04. The van der Waals surface area contributed by atoms with E-state index in [1.54, 1.807) is 0 Å². The van der Waals surface area contributed by atoms with Crippen LogP contribution in [0.1, 0.15) is 45.6 Å². The molecule has 1 aromatic carbocycles. The Labute approximate surface area is 137 Å². The average Bonchev–Trinajstić information content (AvgIpc) is 2.95. The van der Waals surface area contributed by atoms with Crippen LogP contribution in [0.15, 0.2) is 36.4 Å². The molecule has 1 amide bonds. The summed E-state index contributed by atoms with van der Waals surface area (Å²) in [7, 11) is 0. The van der Waals surface area contributed by atoms with Crippen LogP contribution in [-0.2, 0) is 10.2 Å². The van der Waals surface area contributed by atoms with Crippen molar-refractivity contribution in [3.05, 3.63) is 42.0 Å². The molecule has 2 aliphatic heterocycles. The van der Waals surface area contributed by atoms with Gasteiger partial charge in [0.25, 0.3) is 0 Å². The van der Waals surface area contributed by atoms with Crippen molar-refractivity contribution in [2.45, 2.75) is 56.7 Å². The van der Waals surface area contributed by atoms with Crippen LogP contribution in [0.4, 0.5) is 10.5 Å². The quantitative estimate of drug-likeness (QED) is 0.735. The second kappa shape index (κ2) is 4.53. The van der Waals surface area contributed by atoms with Gasteiger partial charge in [-0.15, -0.1) is 0 Å². The molecular formula is C19H24N2O2. The molecule has 1 aliphatic carbocycles. The summed E-state index contributed by atoms with van der Waals surface area (Å²) in [6.07, 6.45) is 7.20. The van der Waals surface area contributed by atoms with E-state index < -0.39 is 5.60 Å². The number of hydrogen-bond donors (Lipinski definition) is 1. The summed E-state index contributed by atoms with van der Waals surface area (Å²) in [5.74, 6) is 0. The summed E-state index contributed by atoms with van der Waals surface area (Å²) < 4.78 is 5.69. The smallest absolute Gasteiger partial charge is 0.412 e. The van der Waals surface area contributed by atoms with Crippen LogP contribution in [0, 0.1) is 0 Å². The minimum atomic E-state index is -0.477. The van der Waals surface area contributed by atoms with E-state index in [-0.39, 0.29) is 17.2 Å². The minimum Gasteiger partial charge on any atom is -0.444 e. The lowest BCUT2D eigenvalue weighted by Gasteiger charge is -2.46. The van der Waals surface area contributed by atoms with Crippen molar-refractivity contribution in [3.63, 3.8) is 0 Å². The second-order valence-corrected chi connectivity index (χ2v) is 7.83. The normalized spacial score (nSPS) is 31.2. The van der Waals surface area contributed by atoms with Crippen molar-refractivity contribution in [3.8, 4) is 0 Å². The second-order valence-electron chi connectivity index (χ2n) is 7.83. The molecule has 0 unspecified atom stereocenters. The molecule has 0 bridgehead atoms. The molecule has 2 atom stereocenters. The van der Waals surface area contributed by atoms with Gasteiger partial charge in [-0.2, -0.15) is 0 Å². The molecule has 1 saturated heterocycles. The first-order valence-corrected chi connectivity index (χ1v) is 8.44. The average molecular weight is 312 g/mol. The molecule has 0 saturated carbocycles. The number of benzene rings is 1. The number of nitrogens with one attached hydrogen (secondary N) is 1. The summed E-state index contributed by atoms with van der Waals surface area (Å²) >= 11 is 0. The molecule has 3 aliphatic rings. The number of carbonyl (C=O) groups excluding carboxylic acids is 1. The Balaban J connectivity index is 1.79. The number of para-hydroxylation sites is 1. The molecule has 1 aromatic rings. The SMILES string of the molecule is CC(C)(C)OC(=O)N1CC[C@]23C=CCC[C@]12Nc1ccccc13. The number of ether oxygens (including phenoxy) is 1. The largest absolute Gasteiger partial charge is 0.444 e. The van der Waals surface area contributed by atoms with Gasteiger partial charge in [0, 0.05) is 12.2 Å². The first kappa shape index (κ1) is 14.6. The van der Waals surface area contributed by atoms with E-state index in [0.717, 1.165) is 31.5 Å². The summed E-state index contributed by atoms with van der Waals surface area (Å²) in [5, 5.41) is 3.69. The molecule has 4 heteroatoms. The van der Waals surface area contributed by atoms with E-state index >= 15 is 0 Å². The molecule has 1 N–H and O–H groups in total. The van der Waals surface area contributed by atoms with Crippen LogP contribution in [0.3, 0.4) is 0 Å². The molecule has 0 radical (unpaired) electrons. The molecular weight excluding hydrogens is 288 g/mol. The molecule has 4 nitrogen and oxygen atoms in total. The summed E-state index contributed by atoms with van der Waals surface area (Å²) in [6.45, 7) is 6.48. The van der Waals surface area contributed by atoms with Crippen molar-refractivity contribution in [1.82, 2.24) is 4.90 Å². The highest BCUT2D eigenvalue weighted by Crippen LogP contribution is 2.59. The fraction of sp³-hybridized carbons (Fsp3) is 0.526. The molecule has 2 heterocycles. The van der Waals surface area contributed by atoms with E-state index in [0.29, 0.717) is 0 Å². The van der Waals surface area contributed by atoms with Gasteiger partial charge in [0.2, 0.25) is 0 Å². The maximum absolute atomic E-state index is 12.8. The first-order valence-electron chi connectivity index (χ1n) is 8.44. The van der Waals surface area contributed by atoms with E-state index in [1.807, 2.05) is 31.7 Å². The number of hydrogen-bond acceptors (Lipinski definition) is 3. The van der Waals surface area contributed by atoms with Crippen molar-refractivity contribution in [2.75, 3.05) is 11.9 Å². The van der Waals surface area contributed by atoms with Gasteiger partial charge in [-0.1, -0.05) is 30.4 Å². The van der Waals surface area contributed by atoms with Gasteiger partial charge in [-0.05, 0) is 51.7 Å². The van der Waals surface area contributed by atoms with Crippen molar-refractivity contribution >= 4 is 11.8 Å². The van der Waals surface area contributed by atoms with Gasteiger partial charge in [-0.3, -0.25) is 4.90 Å².